The van der Waals surface area contributed by atoms with E-state index in [1.165, 1.54) is 4.31 Å². The highest BCUT2D eigenvalue weighted by Crippen LogP contribution is 2.20. The molecule has 0 aliphatic carbocycles. The Balaban J connectivity index is 0.00000242. The lowest BCUT2D eigenvalue weighted by molar-refractivity contribution is -0.133. The van der Waals surface area contributed by atoms with Gasteiger partial charge in [-0.05, 0) is 31.2 Å². The van der Waals surface area contributed by atoms with Gasteiger partial charge in [-0.2, -0.15) is 4.31 Å². The molecule has 0 spiro atoms. The summed E-state index contributed by atoms with van der Waals surface area (Å²) in [4.78, 5) is 13.7. The third-order valence-corrected chi connectivity index (χ3v) is 5.83. The third-order valence-electron chi connectivity index (χ3n) is 3.39. The molecule has 124 valence electrons. The highest BCUT2D eigenvalue weighted by molar-refractivity contribution is 9.10. The molecule has 22 heavy (non-hydrogen) atoms. The first-order valence-corrected chi connectivity index (χ1v) is 8.86. The Kier molecular flexibility index (Phi) is 6.82. The largest absolute Gasteiger partial charge is 0.339 e. The Hall–Kier alpha value is -0.670. The summed E-state index contributed by atoms with van der Waals surface area (Å²) in [7, 11) is -3.50. The van der Waals surface area contributed by atoms with E-state index in [-0.39, 0.29) is 36.3 Å². The Bertz CT molecular complexity index is 614. The number of carbonyl (C=O) groups is 1. The van der Waals surface area contributed by atoms with Gasteiger partial charge >= 0.3 is 0 Å². The number of hydrogen-bond donors (Lipinski definition) is 1. The van der Waals surface area contributed by atoms with Crippen LogP contribution >= 0.6 is 28.3 Å². The van der Waals surface area contributed by atoms with Crippen molar-refractivity contribution < 1.29 is 13.2 Å². The number of rotatable bonds is 3. The van der Waals surface area contributed by atoms with E-state index in [0.717, 1.165) is 4.47 Å². The standard InChI is InChI=1S/C13H18BrN3O3S.ClH/c1-10(15)13(18)16-6-8-17(9-7-16)21(19,20)12-4-2-11(14)3-5-12;/h2-5,10H,6-9,15H2,1H3;1H/t10-;/m0./s1. The van der Waals surface area contributed by atoms with Crippen molar-refractivity contribution in [3.63, 3.8) is 0 Å². The fourth-order valence-corrected chi connectivity index (χ4v) is 3.88. The van der Waals surface area contributed by atoms with Gasteiger partial charge in [0.1, 0.15) is 0 Å². The van der Waals surface area contributed by atoms with Crippen LogP contribution in [0.3, 0.4) is 0 Å². The zero-order valence-corrected chi connectivity index (χ0v) is 15.3. The summed E-state index contributed by atoms with van der Waals surface area (Å²) in [5.41, 5.74) is 5.56. The number of amides is 1. The maximum Gasteiger partial charge on any atom is 0.243 e. The number of benzene rings is 1. The number of halogens is 2. The van der Waals surface area contributed by atoms with Crippen LogP contribution in [0.1, 0.15) is 6.92 Å². The number of nitrogens with two attached hydrogens (primary N) is 1. The van der Waals surface area contributed by atoms with E-state index >= 15 is 0 Å². The smallest absolute Gasteiger partial charge is 0.243 e. The summed E-state index contributed by atoms with van der Waals surface area (Å²) in [6, 6.07) is 5.98. The van der Waals surface area contributed by atoms with Gasteiger partial charge in [0, 0.05) is 30.7 Å². The zero-order chi connectivity index (χ0) is 15.6. The zero-order valence-electron chi connectivity index (χ0n) is 12.1. The van der Waals surface area contributed by atoms with E-state index in [1.807, 2.05) is 0 Å². The third kappa shape index (κ3) is 4.20. The molecule has 1 aromatic rings. The van der Waals surface area contributed by atoms with Crippen LogP contribution in [-0.4, -0.2) is 55.8 Å². The molecule has 0 unspecified atom stereocenters. The normalized spacial score (nSPS) is 17.7. The van der Waals surface area contributed by atoms with E-state index in [1.54, 1.807) is 36.1 Å². The lowest BCUT2D eigenvalue weighted by Crippen LogP contribution is -2.53. The van der Waals surface area contributed by atoms with Crippen molar-refractivity contribution in [2.24, 2.45) is 5.73 Å². The van der Waals surface area contributed by atoms with Crippen molar-refractivity contribution in [3.05, 3.63) is 28.7 Å². The van der Waals surface area contributed by atoms with Crippen molar-refractivity contribution in [1.82, 2.24) is 9.21 Å². The quantitative estimate of drug-likeness (QED) is 0.804. The number of hydrogen-bond acceptors (Lipinski definition) is 4. The van der Waals surface area contributed by atoms with Crippen molar-refractivity contribution in [2.45, 2.75) is 17.9 Å². The van der Waals surface area contributed by atoms with Crippen molar-refractivity contribution in [1.29, 1.82) is 0 Å². The summed E-state index contributed by atoms with van der Waals surface area (Å²) in [6.45, 7) is 2.95. The SMILES string of the molecule is C[C@H](N)C(=O)N1CCN(S(=O)(=O)c2ccc(Br)cc2)CC1.Cl. The molecule has 0 radical (unpaired) electrons. The van der Waals surface area contributed by atoms with Gasteiger partial charge in [0.25, 0.3) is 0 Å². The van der Waals surface area contributed by atoms with Crippen LogP contribution in [0.15, 0.2) is 33.6 Å². The first kappa shape index (κ1) is 19.4. The molecule has 1 heterocycles. The van der Waals surface area contributed by atoms with Crippen LogP contribution in [0.4, 0.5) is 0 Å². The monoisotopic (exact) mass is 411 g/mol. The van der Waals surface area contributed by atoms with Crippen LogP contribution in [0.2, 0.25) is 0 Å². The summed E-state index contributed by atoms with van der Waals surface area (Å²) >= 11 is 3.28. The first-order chi connectivity index (χ1) is 9.82. The van der Waals surface area contributed by atoms with Gasteiger partial charge in [-0.25, -0.2) is 8.42 Å². The molecular weight excluding hydrogens is 394 g/mol. The molecular formula is C13H19BrClN3O3S. The fourth-order valence-electron chi connectivity index (χ4n) is 2.19. The van der Waals surface area contributed by atoms with Crippen molar-refractivity contribution in [3.8, 4) is 0 Å². The molecule has 9 heteroatoms. The lowest BCUT2D eigenvalue weighted by Gasteiger charge is -2.34. The Labute approximate surface area is 145 Å². The van der Waals surface area contributed by atoms with Gasteiger partial charge in [0.05, 0.1) is 10.9 Å². The first-order valence-electron chi connectivity index (χ1n) is 6.62. The van der Waals surface area contributed by atoms with Crippen molar-refractivity contribution >= 4 is 44.3 Å². The second kappa shape index (κ2) is 7.74. The topological polar surface area (TPSA) is 83.7 Å². The van der Waals surface area contributed by atoms with Gasteiger partial charge in [0.15, 0.2) is 0 Å². The van der Waals surface area contributed by atoms with Crippen LogP contribution in [0.5, 0.6) is 0 Å². The number of piperazine rings is 1. The van der Waals surface area contributed by atoms with E-state index in [0.29, 0.717) is 13.1 Å². The fraction of sp³-hybridized carbons (Fsp3) is 0.462. The number of sulfonamides is 1. The van der Waals surface area contributed by atoms with E-state index in [2.05, 4.69) is 15.9 Å². The second-order valence-corrected chi connectivity index (χ2v) is 7.83. The Morgan fingerprint density at radius 2 is 1.68 bits per heavy atom. The maximum atomic E-state index is 12.5. The molecule has 1 atom stereocenters. The Morgan fingerprint density at radius 1 is 1.18 bits per heavy atom. The van der Waals surface area contributed by atoms with Crippen molar-refractivity contribution in [2.75, 3.05) is 26.2 Å². The molecule has 1 amide bonds. The molecule has 1 aliphatic rings. The predicted octanol–water partition coefficient (Wildman–Crippen LogP) is 1.05. The predicted molar refractivity (Wildman–Crippen MR) is 90.4 cm³/mol. The van der Waals surface area contributed by atoms with Gasteiger partial charge in [0.2, 0.25) is 15.9 Å². The van der Waals surface area contributed by atoms with E-state index < -0.39 is 16.1 Å². The number of carbonyl (C=O) groups excluding carboxylic acids is 1. The maximum absolute atomic E-state index is 12.5. The average Bonchev–Trinajstić information content (AvgIpc) is 2.47. The minimum Gasteiger partial charge on any atom is -0.339 e. The molecule has 1 saturated heterocycles. The van der Waals surface area contributed by atoms with Gasteiger partial charge in [-0.15, -0.1) is 12.4 Å². The molecule has 0 bridgehead atoms. The number of nitrogens with zero attached hydrogens (tertiary/aromatic N) is 2. The summed E-state index contributed by atoms with van der Waals surface area (Å²) in [6.07, 6.45) is 0. The minimum absolute atomic E-state index is 0. The highest BCUT2D eigenvalue weighted by atomic mass is 79.9. The second-order valence-electron chi connectivity index (χ2n) is 4.97. The summed E-state index contributed by atoms with van der Waals surface area (Å²) < 4.78 is 27.2. The molecule has 1 aromatic carbocycles. The minimum atomic E-state index is -3.50. The molecule has 0 aromatic heterocycles. The molecule has 0 saturated carbocycles. The molecule has 2 rings (SSSR count). The molecule has 2 N–H and O–H groups in total. The summed E-state index contributed by atoms with van der Waals surface area (Å²) in [5, 5.41) is 0. The lowest BCUT2D eigenvalue weighted by atomic mass is 10.2. The highest BCUT2D eigenvalue weighted by Gasteiger charge is 2.30. The van der Waals surface area contributed by atoms with Crippen LogP contribution in [0.25, 0.3) is 0 Å². The van der Waals surface area contributed by atoms with E-state index in [9.17, 15) is 13.2 Å². The molecule has 6 nitrogen and oxygen atoms in total. The summed E-state index contributed by atoms with van der Waals surface area (Å²) in [5.74, 6) is -0.143. The van der Waals surface area contributed by atoms with Crippen LogP contribution in [0, 0.1) is 0 Å². The molecule has 1 fully saturated rings. The van der Waals surface area contributed by atoms with Gasteiger partial charge in [-0.1, -0.05) is 15.9 Å². The van der Waals surface area contributed by atoms with Gasteiger partial charge < -0.3 is 10.6 Å². The van der Waals surface area contributed by atoms with Crippen LogP contribution < -0.4 is 5.73 Å². The Morgan fingerprint density at radius 3 is 2.14 bits per heavy atom. The molecule has 1 aliphatic heterocycles. The average molecular weight is 413 g/mol. The van der Waals surface area contributed by atoms with Gasteiger partial charge in [-0.3, -0.25) is 4.79 Å². The van der Waals surface area contributed by atoms with E-state index in [4.69, 9.17) is 5.73 Å². The van der Waals surface area contributed by atoms with Crippen LogP contribution in [-0.2, 0) is 14.8 Å².